The maximum absolute atomic E-state index is 12.5. The van der Waals surface area contributed by atoms with Crippen LogP contribution in [-0.4, -0.2) is 11.8 Å². The van der Waals surface area contributed by atoms with Gasteiger partial charge in [0.15, 0.2) is 5.76 Å². The molecule has 0 unspecified atom stereocenters. The van der Waals surface area contributed by atoms with Crippen LogP contribution in [0.25, 0.3) is 6.08 Å². The van der Waals surface area contributed by atoms with Gasteiger partial charge in [-0.1, -0.05) is 29.3 Å². The Kier molecular flexibility index (Phi) is 4.82. The average Bonchev–Trinajstić information content (AvgIpc) is 2.86. The number of halogens is 2. The fourth-order valence-electron chi connectivity index (χ4n) is 2.27. The fourth-order valence-corrected chi connectivity index (χ4v) is 2.78. The molecule has 0 saturated heterocycles. The summed E-state index contributed by atoms with van der Waals surface area (Å²) in [6.07, 6.45) is 1.51. The number of fused-ring (bicyclic) bond motifs is 1. The van der Waals surface area contributed by atoms with Crippen LogP contribution in [0.1, 0.15) is 36.7 Å². The van der Waals surface area contributed by atoms with Gasteiger partial charge in [-0.15, -0.1) is 0 Å². The zero-order valence-electron chi connectivity index (χ0n) is 14.4. The molecule has 2 aromatic carbocycles. The lowest BCUT2D eigenvalue weighted by atomic mass is 9.97. The van der Waals surface area contributed by atoms with E-state index >= 15 is 0 Å². The monoisotopic (exact) mass is 390 g/mol. The molecule has 4 nitrogen and oxygen atoms in total. The summed E-state index contributed by atoms with van der Waals surface area (Å²) in [7, 11) is 0. The van der Waals surface area contributed by atoms with Crippen LogP contribution in [0.2, 0.25) is 10.0 Å². The lowest BCUT2D eigenvalue weighted by Crippen LogP contribution is -2.25. The minimum Gasteiger partial charge on any atom is -0.452 e. The molecule has 0 aliphatic carbocycles. The smallest absolute Gasteiger partial charge is 0.316 e. The number of carbonyl (C=O) groups excluding carboxylic acids is 2. The topological polar surface area (TPSA) is 52.6 Å². The largest absolute Gasteiger partial charge is 0.452 e. The molecule has 2 aromatic rings. The molecule has 6 heteroatoms. The van der Waals surface area contributed by atoms with Gasteiger partial charge in [-0.3, -0.25) is 9.59 Å². The number of Topliss-reactive ketones (excluding diaryl/α,β-unsaturated/α-hetero) is 1. The van der Waals surface area contributed by atoms with Crippen LogP contribution in [0.3, 0.4) is 0 Å². The number of carbonyl (C=O) groups is 2. The van der Waals surface area contributed by atoms with Gasteiger partial charge in [-0.05, 0) is 51.1 Å². The van der Waals surface area contributed by atoms with Crippen molar-refractivity contribution in [1.29, 1.82) is 0 Å². The van der Waals surface area contributed by atoms with Gasteiger partial charge >= 0.3 is 5.97 Å². The number of esters is 1. The molecular formula is C20H16Cl2O4. The summed E-state index contributed by atoms with van der Waals surface area (Å²) in [5.41, 5.74) is 0.253. The van der Waals surface area contributed by atoms with Crippen LogP contribution >= 0.6 is 23.2 Å². The van der Waals surface area contributed by atoms with Gasteiger partial charge in [0, 0.05) is 21.7 Å². The molecule has 0 amide bonds. The molecular weight excluding hydrogens is 375 g/mol. The summed E-state index contributed by atoms with van der Waals surface area (Å²) in [5.74, 6) is 0.0801. The molecule has 26 heavy (non-hydrogen) atoms. The maximum Gasteiger partial charge on any atom is 0.316 e. The second-order valence-electron chi connectivity index (χ2n) is 6.87. The van der Waals surface area contributed by atoms with Gasteiger partial charge in [0.1, 0.15) is 11.5 Å². The van der Waals surface area contributed by atoms with Gasteiger partial charge in [0.2, 0.25) is 5.78 Å². The third-order valence-corrected chi connectivity index (χ3v) is 4.40. The maximum atomic E-state index is 12.5. The molecule has 0 aromatic heterocycles. The first-order valence-corrected chi connectivity index (χ1v) is 8.67. The normalized spacial score (nSPS) is 15.0. The van der Waals surface area contributed by atoms with Gasteiger partial charge in [-0.2, -0.15) is 0 Å². The van der Waals surface area contributed by atoms with E-state index in [1.165, 1.54) is 12.1 Å². The molecule has 0 saturated carbocycles. The lowest BCUT2D eigenvalue weighted by Gasteiger charge is -2.16. The van der Waals surface area contributed by atoms with Gasteiger partial charge in [-0.25, -0.2) is 0 Å². The van der Waals surface area contributed by atoms with Crippen molar-refractivity contribution in [2.24, 2.45) is 5.41 Å². The summed E-state index contributed by atoms with van der Waals surface area (Å²) >= 11 is 12.3. The highest BCUT2D eigenvalue weighted by molar-refractivity contribution is 6.37. The van der Waals surface area contributed by atoms with Crippen LogP contribution in [-0.2, 0) is 4.79 Å². The van der Waals surface area contributed by atoms with Crippen molar-refractivity contribution in [3.8, 4) is 11.5 Å². The standard InChI is InChI=1S/C20H16Cl2O4/c1-20(2,3)19(24)25-11-7-8-12-16(9-11)26-17(18(12)23)10-13-14(21)5-4-6-15(13)22/h4-10H,1-3H3/b17-10-. The third-order valence-electron chi connectivity index (χ3n) is 3.74. The summed E-state index contributed by atoms with van der Waals surface area (Å²) in [4.78, 5) is 24.5. The Morgan fingerprint density at radius 1 is 1.12 bits per heavy atom. The SMILES string of the molecule is CC(C)(C)C(=O)Oc1ccc2c(c1)O/C(=C\c1c(Cl)cccc1Cl)C2=O. The van der Waals surface area contributed by atoms with Crippen LogP contribution in [0, 0.1) is 5.41 Å². The van der Waals surface area contributed by atoms with Crippen molar-refractivity contribution in [2.75, 3.05) is 0 Å². The first-order valence-electron chi connectivity index (χ1n) is 7.91. The highest BCUT2D eigenvalue weighted by atomic mass is 35.5. The average molecular weight is 391 g/mol. The van der Waals surface area contributed by atoms with E-state index in [-0.39, 0.29) is 17.5 Å². The summed E-state index contributed by atoms with van der Waals surface area (Å²) in [6.45, 7) is 5.28. The van der Waals surface area contributed by atoms with Crippen molar-refractivity contribution in [1.82, 2.24) is 0 Å². The Labute approximate surface area is 161 Å². The van der Waals surface area contributed by atoms with Gasteiger partial charge < -0.3 is 9.47 Å². The molecule has 0 radical (unpaired) electrons. The van der Waals surface area contributed by atoms with Gasteiger partial charge in [0.25, 0.3) is 0 Å². The molecule has 1 aliphatic heterocycles. The predicted molar refractivity (Wildman–Crippen MR) is 101 cm³/mol. The Morgan fingerprint density at radius 3 is 2.38 bits per heavy atom. The highest BCUT2D eigenvalue weighted by Crippen LogP contribution is 2.37. The summed E-state index contributed by atoms with van der Waals surface area (Å²) in [5, 5.41) is 0.828. The number of benzene rings is 2. The molecule has 0 spiro atoms. The van der Waals surface area contributed by atoms with Crippen molar-refractivity contribution in [3.63, 3.8) is 0 Å². The Hall–Kier alpha value is -2.30. The second-order valence-corrected chi connectivity index (χ2v) is 7.69. The Morgan fingerprint density at radius 2 is 1.77 bits per heavy atom. The minimum atomic E-state index is -0.637. The van der Waals surface area contributed by atoms with E-state index in [1.807, 2.05) is 0 Å². The van der Waals surface area contributed by atoms with Crippen LogP contribution in [0.15, 0.2) is 42.2 Å². The van der Waals surface area contributed by atoms with Crippen molar-refractivity contribution >= 4 is 41.0 Å². The fraction of sp³-hybridized carbons (Fsp3) is 0.200. The van der Waals surface area contributed by atoms with E-state index in [1.54, 1.807) is 51.1 Å². The Balaban J connectivity index is 1.90. The highest BCUT2D eigenvalue weighted by Gasteiger charge is 2.29. The molecule has 1 heterocycles. The molecule has 3 rings (SSSR count). The van der Waals surface area contributed by atoms with Crippen LogP contribution in [0.5, 0.6) is 11.5 Å². The molecule has 0 atom stereocenters. The van der Waals surface area contributed by atoms with Gasteiger partial charge in [0.05, 0.1) is 11.0 Å². The zero-order valence-corrected chi connectivity index (χ0v) is 15.9. The summed E-state index contributed by atoms with van der Waals surface area (Å²) in [6, 6.07) is 9.72. The molecule has 0 fully saturated rings. The zero-order chi connectivity index (χ0) is 19.1. The summed E-state index contributed by atoms with van der Waals surface area (Å²) < 4.78 is 11.0. The third kappa shape index (κ3) is 3.62. The van der Waals surface area contributed by atoms with E-state index in [9.17, 15) is 9.59 Å². The van der Waals surface area contributed by atoms with E-state index in [2.05, 4.69) is 0 Å². The first-order chi connectivity index (χ1) is 12.2. The second kappa shape index (κ2) is 6.78. The first kappa shape index (κ1) is 18.5. The van der Waals surface area contributed by atoms with E-state index in [0.29, 0.717) is 32.7 Å². The molecule has 134 valence electrons. The van der Waals surface area contributed by atoms with Crippen LogP contribution in [0.4, 0.5) is 0 Å². The van der Waals surface area contributed by atoms with E-state index < -0.39 is 5.41 Å². The number of ether oxygens (including phenoxy) is 2. The number of ketones is 1. The molecule has 1 aliphatic rings. The van der Waals surface area contributed by atoms with Crippen molar-refractivity contribution in [3.05, 3.63) is 63.3 Å². The molecule has 0 N–H and O–H groups in total. The lowest BCUT2D eigenvalue weighted by molar-refractivity contribution is -0.143. The minimum absolute atomic E-state index is 0.106. The van der Waals surface area contributed by atoms with Crippen molar-refractivity contribution in [2.45, 2.75) is 20.8 Å². The number of rotatable bonds is 2. The van der Waals surface area contributed by atoms with E-state index in [4.69, 9.17) is 32.7 Å². The Bertz CT molecular complexity index is 919. The van der Waals surface area contributed by atoms with Crippen molar-refractivity contribution < 1.29 is 19.1 Å². The number of allylic oxidation sites excluding steroid dienone is 1. The quantitative estimate of drug-likeness (QED) is 0.382. The predicted octanol–water partition coefficient (Wildman–Crippen LogP) is 5.56. The van der Waals surface area contributed by atoms with E-state index in [0.717, 1.165) is 0 Å². The number of hydrogen-bond acceptors (Lipinski definition) is 4. The number of hydrogen-bond donors (Lipinski definition) is 0. The molecule has 0 bridgehead atoms. The van der Waals surface area contributed by atoms with Crippen LogP contribution < -0.4 is 9.47 Å².